The quantitative estimate of drug-likeness (QED) is 0.184. The zero-order valence-corrected chi connectivity index (χ0v) is 23.0. The molecule has 0 radical (unpaired) electrons. The zero-order chi connectivity index (χ0) is 28.3. The first-order valence-electron chi connectivity index (χ1n) is 12.8. The molecule has 6 aromatic rings. The minimum absolute atomic E-state index is 0.178. The number of rotatable bonds is 6. The Bertz CT molecular complexity index is 1960. The van der Waals surface area contributed by atoms with Gasteiger partial charge in [-0.15, -0.1) is 0 Å². The molecule has 0 aliphatic carbocycles. The summed E-state index contributed by atoms with van der Waals surface area (Å²) in [5.41, 5.74) is 6.71. The van der Waals surface area contributed by atoms with E-state index in [1.807, 2.05) is 50.8 Å². The van der Waals surface area contributed by atoms with Crippen LogP contribution in [0.1, 0.15) is 17.5 Å². The van der Waals surface area contributed by atoms with E-state index in [4.69, 9.17) is 0 Å². The molecule has 202 valence electrons. The van der Waals surface area contributed by atoms with Crippen LogP contribution in [0.15, 0.2) is 96.4 Å². The highest BCUT2D eigenvalue weighted by atomic mass is 32.2. The standard InChI is InChI=1S/C23H20N6.C7H8O3S/c1-27-20-9-4-5-10-21(20)29-19-8-3-2-7-17(19)22(18(15-24)23(27)29)26-11-6-13-28-14-12-25-16-28;1-6-2-4-7(5-3-6)11(8,9)10/h2-5,7-10,12,14,16H,6,11,13H2,1H3;2-5H,1H3,(H,8,9,10). The molecule has 6 rings (SSSR count). The van der Waals surface area contributed by atoms with Crippen LogP contribution < -0.4 is 9.88 Å². The van der Waals surface area contributed by atoms with Crippen LogP contribution in [0.4, 0.5) is 5.69 Å². The summed E-state index contributed by atoms with van der Waals surface area (Å²) in [6.45, 7) is 3.48. The number of aryl methyl sites for hydroxylation is 3. The lowest BCUT2D eigenvalue weighted by molar-refractivity contribution is -0.618. The molecule has 0 atom stereocenters. The Morgan fingerprint density at radius 1 is 1.02 bits per heavy atom. The monoisotopic (exact) mass is 552 g/mol. The molecule has 0 saturated heterocycles. The van der Waals surface area contributed by atoms with Crippen LogP contribution in [0.25, 0.3) is 27.6 Å². The summed E-state index contributed by atoms with van der Waals surface area (Å²) >= 11 is 0. The maximum Gasteiger partial charge on any atom is 0.307 e. The molecule has 0 fully saturated rings. The van der Waals surface area contributed by atoms with Crippen molar-refractivity contribution in [1.29, 1.82) is 5.26 Å². The van der Waals surface area contributed by atoms with E-state index in [0.717, 1.165) is 58.3 Å². The second-order valence-corrected chi connectivity index (χ2v) is 10.8. The highest BCUT2D eigenvalue weighted by Gasteiger charge is 2.26. The minimum atomic E-state index is -4.27. The normalized spacial score (nSPS) is 11.3. The van der Waals surface area contributed by atoms with Gasteiger partial charge >= 0.3 is 5.65 Å². The van der Waals surface area contributed by atoms with E-state index < -0.39 is 10.1 Å². The summed E-state index contributed by atoms with van der Waals surface area (Å²) in [6, 6.07) is 24.8. The summed E-state index contributed by atoms with van der Waals surface area (Å²) < 4.78 is 37.5. The smallest absolute Gasteiger partial charge is 0.307 e. The second kappa shape index (κ2) is 11.2. The molecule has 0 bridgehead atoms. The van der Waals surface area contributed by atoms with Crippen molar-refractivity contribution in [3.8, 4) is 6.07 Å². The van der Waals surface area contributed by atoms with Gasteiger partial charge in [0.2, 0.25) is 0 Å². The molecule has 3 heterocycles. The fraction of sp³-hybridized carbons (Fsp3) is 0.167. The fourth-order valence-corrected chi connectivity index (χ4v) is 5.32. The Labute approximate surface area is 232 Å². The SMILES string of the molecule is C[n+]1c2ccccc2n2c3ccccc3c(NCCCn3ccnc3)c(C#N)c21.Cc1ccc(S(=O)(=O)[O-])cc1. The van der Waals surface area contributed by atoms with E-state index in [1.165, 1.54) is 12.1 Å². The van der Waals surface area contributed by atoms with Gasteiger partial charge in [0.15, 0.2) is 16.6 Å². The number of nitriles is 1. The van der Waals surface area contributed by atoms with Gasteiger partial charge in [0.25, 0.3) is 0 Å². The Hall–Kier alpha value is -4.72. The van der Waals surface area contributed by atoms with Gasteiger partial charge in [-0.1, -0.05) is 42.0 Å². The Balaban J connectivity index is 0.000000248. The van der Waals surface area contributed by atoms with Gasteiger partial charge in [-0.3, -0.25) is 0 Å². The number of hydrogen-bond donors (Lipinski definition) is 1. The molecular formula is C30H28N6O3S. The van der Waals surface area contributed by atoms with Crippen LogP contribution in [0.5, 0.6) is 0 Å². The Morgan fingerprint density at radius 2 is 1.73 bits per heavy atom. The minimum Gasteiger partial charge on any atom is -0.744 e. The number of nitrogens with zero attached hydrogens (tertiary/aromatic N) is 5. The summed E-state index contributed by atoms with van der Waals surface area (Å²) in [5, 5.41) is 14.7. The van der Waals surface area contributed by atoms with Gasteiger partial charge in [0.1, 0.15) is 21.7 Å². The average molecular weight is 553 g/mol. The first kappa shape index (κ1) is 26.9. The number of nitrogens with one attached hydrogen (secondary N) is 1. The molecular weight excluding hydrogens is 524 g/mol. The lowest BCUT2D eigenvalue weighted by Crippen LogP contribution is -2.28. The van der Waals surface area contributed by atoms with Gasteiger partial charge < -0.3 is 14.4 Å². The van der Waals surface area contributed by atoms with Crippen molar-refractivity contribution in [1.82, 2.24) is 14.0 Å². The van der Waals surface area contributed by atoms with Crippen LogP contribution in [0.3, 0.4) is 0 Å². The first-order valence-corrected chi connectivity index (χ1v) is 14.2. The molecule has 0 aliphatic rings. The van der Waals surface area contributed by atoms with Crippen molar-refractivity contribution in [2.45, 2.75) is 24.8 Å². The van der Waals surface area contributed by atoms with E-state index in [9.17, 15) is 18.2 Å². The van der Waals surface area contributed by atoms with Crippen LogP contribution >= 0.6 is 0 Å². The summed E-state index contributed by atoms with van der Waals surface area (Å²) in [7, 11) is -2.25. The molecule has 40 heavy (non-hydrogen) atoms. The fourth-order valence-electron chi connectivity index (χ4n) is 4.85. The van der Waals surface area contributed by atoms with E-state index in [1.54, 1.807) is 18.3 Å². The maximum atomic E-state index is 10.4. The number of anilines is 1. The molecule has 3 aromatic heterocycles. The lowest BCUT2D eigenvalue weighted by Gasteiger charge is -2.12. The van der Waals surface area contributed by atoms with E-state index in [0.29, 0.717) is 5.56 Å². The summed E-state index contributed by atoms with van der Waals surface area (Å²) in [4.78, 5) is 3.91. The van der Waals surface area contributed by atoms with Crippen LogP contribution in [0, 0.1) is 18.3 Å². The van der Waals surface area contributed by atoms with Gasteiger partial charge in [0.05, 0.1) is 24.0 Å². The molecule has 3 aromatic carbocycles. The number of benzene rings is 3. The van der Waals surface area contributed by atoms with Crippen molar-refractivity contribution in [3.63, 3.8) is 0 Å². The molecule has 0 spiro atoms. The zero-order valence-electron chi connectivity index (χ0n) is 22.2. The topological polar surface area (TPSA) is 119 Å². The first-order chi connectivity index (χ1) is 19.3. The van der Waals surface area contributed by atoms with Gasteiger partial charge in [-0.2, -0.15) is 9.66 Å². The molecule has 0 aliphatic heterocycles. The van der Waals surface area contributed by atoms with E-state index in [2.05, 4.69) is 54.2 Å². The van der Waals surface area contributed by atoms with Crippen LogP contribution in [-0.2, 0) is 23.7 Å². The second-order valence-electron chi connectivity index (χ2n) is 9.43. The van der Waals surface area contributed by atoms with Gasteiger partial charge in [-0.05, 0) is 49.7 Å². The molecule has 10 heteroatoms. The number of para-hydroxylation sites is 3. The molecule has 0 unspecified atom stereocenters. The third-order valence-electron chi connectivity index (χ3n) is 6.78. The van der Waals surface area contributed by atoms with Crippen molar-refractivity contribution in [2.24, 2.45) is 7.05 Å². The van der Waals surface area contributed by atoms with Crippen LogP contribution in [0.2, 0.25) is 0 Å². The average Bonchev–Trinajstić information content (AvgIpc) is 3.58. The molecule has 0 saturated carbocycles. The number of imidazole rings is 2. The van der Waals surface area contributed by atoms with Crippen molar-refractivity contribution in [2.75, 3.05) is 11.9 Å². The number of fused-ring (bicyclic) bond motifs is 5. The van der Waals surface area contributed by atoms with Gasteiger partial charge in [-0.25, -0.2) is 18.0 Å². The number of aromatic nitrogens is 4. The lowest BCUT2D eigenvalue weighted by atomic mass is 10.1. The molecule has 0 amide bonds. The summed E-state index contributed by atoms with van der Waals surface area (Å²) in [5.74, 6) is 0. The van der Waals surface area contributed by atoms with Crippen molar-refractivity contribution >= 4 is 43.4 Å². The predicted octanol–water partition coefficient (Wildman–Crippen LogP) is 4.54. The number of pyridine rings is 1. The number of hydrogen-bond acceptors (Lipinski definition) is 6. The van der Waals surface area contributed by atoms with E-state index >= 15 is 0 Å². The third kappa shape index (κ3) is 5.25. The van der Waals surface area contributed by atoms with Gasteiger partial charge in [0, 0.05) is 30.9 Å². The maximum absolute atomic E-state index is 10.4. The van der Waals surface area contributed by atoms with E-state index in [-0.39, 0.29) is 4.90 Å². The van der Waals surface area contributed by atoms with Crippen molar-refractivity contribution in [3.05, 3.63) is 103 Å². The van der Waals surface area contributed by atoms with Crippen molar-refractivity contribution < 1.29 is 17.5 Å². The highest BCUT2D eigenvalue weighted by Crippen LogP contribution is 2.32. The Morgan fingerprint density at radius 3 is 2.40 bits per heavy atom. The predicted molar refractivity (Wildman–Crippen MR) is 153 cm³/mol. The summed E-state index contributed by atoms with van der Waals surface area (Å²) in [6.07, 6.45) is 6.53. The Kier molecular flexibility index (Phi) is 7.51. The van der Waals surface area contributed by atoms with Crippen LogP contribution in [-0.4, -0.2) is 33.5 Å². The highest BCUT2D eigenvalue weighted by molar-refractivity contribution is 7.85. The molecule has 9 nitrogen and oxygen atoms in total. The largest absolute Gasteiger partial charge is 0.744 e. The third-order valence-corrected chi connectivity index (χ3v) is 7.63. The molecule has 1 N–H and O–H groups in total.